The van der Waals surface area contributed by atoms with Crippen molar-refractivity contribution in [2.75, 3.05) is 13.2 Å². The topological polar surface area (TPSA) is 123 Å². The molecule has 1 saturated heterocycles. The van der Waals surface area contributed by atoms with Crippen LogP contribution in [0.1, 0.15) is 6.92 Å². The van der Waals surface area contributed by atoms with Crippen molar-refractivity contribution in [1.82, 2.24) is 0 Å². The Bertz CT molecular complexity index is 337. The SMILES string of the molecule is C/C(=C\C#N)COC1OC(CO)C(O)C(O)C1O. The summed E-state index contributed by atoms with van der Waals surface area (Å²) in [6, 6.07) is 1.83. The third-order valence-corrected chi connectivity index (χ3v) is 2.63. The summed E-state index contributed by atoms with van der Waals surface area (Å²) >= 11 is 0. The molecule has 0 saturated carbocycles. The van der Waals surface area contributed by atoms with Crippen molar-refractivity contribution in [3.05, 3.63) is 11.6 Å². The molecule has 0 bridgehead atoms. The molecule has 1 heterocycles. The lowest BCUT2D eigenvalue weighted by Gasteiger charge is -2.39. The third kappa shape index (κ3) is 3.49. The van der Waals surface area contributed by atoms with Gasteiger partial charge in [0.2, 0.25) is 0 Å². The van der Waals surface area contributed by atoms with Crippen LogP contribution in [0.3, 0.4) is 0 Å². The van der Waals surface area contributed by atoms with E-state index in [0.29, 0.717) is 5.57 Å². The molecule has 102 valence electrons. The lowest BCUT2D eigenvalue weighted by molar-refractivity contribution is -0.299. The Morgan fingerprint density at radius 3 is 2.56 bits per heavy atom. The normalized spacial score (nSPS) is 37.3. The summed E-state index contributed by atoms with van der Waals surface area (Å²) in [5, 5.41) is 46.0. The van der Waals surface area contributed by atoms with E-state index in [9.17, 15) is 15.3 Å². The maximum Gasteiger partial charge on any atom is 0.187 e. The van der Waals surface area contributed by atoms with E-state index in [-0.39, 0.29) is 6.61 Å². The summed E-state index contributed by atoms with van der Waals surface area (Å²) in [6.45, 7) is 1.20. The van der Waals surface area contributed by atoms with Crippen LogP contribution in [0, 0.1) is 11.3 Å². The minimum absolute atomic E-state index is 0.0379. The smallest absolute Gasteiger partial charge is 0.187 e. The fraction of sp³-hybridized carbons (Fsp3) is 0.727. The van der Waals surface area contributed by atoms with Crippen molar-refractivity contribution < 1.29 is 29.9 Å². The van der Waals surface area contributed by atoms with Crippen molar-refractivity contribution >= 4 is 0 Å². The second-order valence-corrected chi connectivity index (χ2v) is 4.13. The first-order valence-corrected chi connectivity index (χ1v) is 5.48. The van der Waals surface area contributed by atoms with E-state index < -0.39 is 37.3 Å². The van der Waals surface area contributed by atoms with Crippen LogP contribution in [-0.4, -0.2) is 64.3 Å². The molecule has 1 fully saturated rings. The van der Waals surface area contributed by atoms with Gasteiger partial charge in [0, 0.05) is 6.08 Å². The zero-order valence-electron chi connectivity index (χ0n) is 9.93. The fourth-order valence-corrected chi connectivity index (χ4v) is 1.57. The number of allylic oxidation sites excluding steroid dienone is 1. The maximum absolute atomic E-state index is 9.64. The predicted octanol–water partition coefficient (Wildman–Crippen LogP) is -1.73. The molecule has 1 aliphatic heterocycles. The summed E-state index contributed by atoms with van der Waals surface area (Å²) in [7, 11) is 0. The summed E-state index contributed by atoms with van der Waals surface area (Å²) in [4.78, 5) is 0. The minimum atomic E-state index is -1.46. The van der Waals surface area contributed by atoms with Crippen LogP contribution in [0.15, 0.2) is 11.6 Å². The molecule has 4 N–H and O–H groups in total. The average Bonchev–Trinajstić information content (AvgIpc) is 2.35. The summed E-state index contributed by atoms with van der Waals surface area (Å²) in [5.41, 5.74) is 0.620. The van der Waals surface area contributed by atoms with E-state index in [4.69, 9.17) is 19.8 Å². The second-order valence-electron chi connectivity index (χ2n) is 4.13. The Kier molecular flexibility index (Phi) is 5.68. The molecule has 0 aliphatic carbocycles. The van der Waals surface area contributed by atoms with Gasteiger partial charge in [0.15, 0.2) is 6.29 Å². The van der Waals surface area contributed by atoms with Crippen LogP contribution >= 0.6 is 0 Å². The molecule has 18 heavy (non-hydrogen) atoms. The van der Waals surface area contributed by atoms with Crippen molar-refractivity contribution in [3.8, 4) is 6.07 Å². The van der Waals surface area contributed by atoms with Crippen LogP contribution < -0.4 is 0 Å². The Labute approximate surface area is 104 Å². The van der Waals surface area contributed by atoms with Gasteiger partial charge in [-0.3, -0.25) is 0 Å². The molecular formula is C11H17NO6. The highest BCUT2D eigenvalue weighted by Crippen LogP contribution is 2.22. The Hall–Kier alpha value is -1.01. The quantitative estimate of drug-likeness (QED) is 0.442. The lowest BCUT2D eigenvalue weighted by atomic mass is 9.99. The first-order valence-electron chi connectivity index (χ1n) is 5.48. The van der Waals surface area contributed by atoms with Gasteiger partial charge in [-0.15, -0.1) is 0 Å². The van der Waals surface area contributed by atoms with Crippen LogP contribution in [-0.2, 0) is 9.47 Å². The van der Waals surface area contributed by atoms with Gasteiger partial charge in [-0.1, -0.05) is 0 Å². The number of rotatable bonds is 4. The van der Waals surface area contributed by atoms with Gasteiger partial charge in [0.05, 0.1) is 19.3 Å². The van der Waals surface area contributed by atoms with E-state index >= 15 is 0 Å². The average molecular weight is 259 g/mol. The van der Waals surface area contributed by atoms with E-state index in [1.807, 2.05) is 6.07 Å². The molecule has 0 spiro atoms. The number of nitrogens with zero attached hydrogens (tertiary/aromatic N) is 1. The molecule has 7 heteroatoms. The molecule has 7 nitrogen and oxygen atoms in total. The summed E-state index contributed by atoms with van der Waals surface area (Å²) in [6.07, 6.45) is -5.15. The highest BCUT2D eigenvalue weighted by atomic mass is 16.7. The van der Waals surface area contributed by atoms with Gasteiger partial charge in [-0.05, 0) is 12.5 Å². The minimum Gasteiger partial charge on any atom is -0.394 e. The number of nitriles is 1. The van der Waals surface area contributed by atoms with E-state index in [0.717, 1.165) is 0 Å². The monoisotopic (exact) mass is 259 g/mol. The van der Waals surface area contributed by atoms with Gasteiger partial charge in [0.25, 0.3) is 0 Å². The van der Waals surface area contributed by atoms with Gasteiger partial charge in [-0.25, -0.2) is 0 Å². The van der Waals surface area contributed by atoms with E-state index in [1.54, 1.807) is 6.92 Å². The molecule has 5 atom stereocenters. The molecule has 1 aliphatic rings. The van der Waals surface area contributed by atoms with Crippen molar-refractivity contribution in [1.29, 1.82) is 5.26 Å². The second kappa shape index (κ2) is 6.80. The Balaban J connectivity index is 2.60. The van der Waals surface area contributed by atoms with E-state index in [2.05, 4.69) is 0 Å². The maximum atomic E-state index is 9.64. The molecule has 5 unspecified atom stereocenters. The number of hydrogen-bond donors (Lipinski definition) is 4. The number of ether oxygens (including phenoxy) is 2. The zero-order valence-corrected chi connectivity index (χ0v) is 9.93. The molecule has 0 aromatic heterocycles. The highest BCUT2D eigenvalue weighted by Gasteiger charge is 2.43. The van der Waals surface area contributed by atoms with Crippen molar-refractivity contribution in [2.24, 2.45) is 0 Å². The molecule has 0 aromatic rings. The van der Waals surface area contributed by atoms with Gasteiger partial charge in [0.1, 0.15) is 24.4 Å². The Morgan fingerprint density at radius 1 is 1.33 bits per heavy atom. The zero-order chi connectivity index (χ0) is 13.7. The highest BCUT2D eigenvalue weighted by molar-refractivity contribution is 5.11. The summed E-state index contributed by atoms with van der Waals surface area (Å²) in [5.74, 6) is 0. The van der Waals surface area contributed by atoms with Crippen LogP contribution in [0.5, 0.6) is 0 Å². The first kappa shape index (κ1) is 15.0. The molecule has 0 amide bonds. The molecule has 0 radical (unpaired) electrons. The van der Waals surface area contributed by atoms with Gasteiger partial charge < -0.3 is 29.9 Å². The standard InChI is InChI=1S/C11H17NO6/c1-6(2-3-12)5-17-11-10(16)9(15)8(14)7(4-13)18-11/h2,7-11,13-16H,4-5H2,1H3/b6-2+. The van der Waals surface area contributed by atoms with Gasteiger partial charge in [-0.2, -0.15) is 5.26 Å². The third-order valence-electron chi connectivity index (χ3n) is 2.63. The van der Waals surface area contributed by atoms with Crippen LogP contribution in [0.2, 0.25) is 0 Å². The number of aliphatic hydroxyl groups is 4. The Morgan fingerprint density at radius 2 is 2.00 bits per heavy atom. The predicted molar refractivity (Wildman–Crippen MR) is 59.1 cm³/mol. The number of hydrogen-bond acceptors (Lipinski definition) is 7. The number of aliphatic hydroxyl groups excluding tert-OH is 4. The lowest BCUT2D eigenvalue weighted by Crippen LogP contribution is -2.59. The molecule has 1 rings (SSSR count). The largest absolute Gasteiger partial charge is 0.394 e. The van der Waals surface area contributed by atoms with Crippen LogP contribution in [0.4, 0.5) is 0 Å². The van der Waals surface area contributed by atoms with Crippen molar-refractivity contribution in [2.45, 2.75) is 37.6 Å². The van der Waals surface area contributed by atoms with Gasteiger partial charge >= 0.3 is 0 Å². The first-order chi connectivity index (χ1) is 8.51. The summed E-state index contributed by atoms with van der Waals surface area (Å²) < 4.78 is 10.3. The van der Waals surface area contributed by atoms with Crippen LogP contribution in [0.25, 0.3) is 0 Å². The molecular weight excluding hydrogens is 242 g/mol. The fourth-order valence-electron chi connectivity index (χ4n) is 1.57. The van der Waals surface area contributed by atoms with E-state index in [1.165, 1.54) is 6.08 Å². The molecule has 0 aromatic carbocycles. The van der Waals surface area contributed by atoms with Crippen molar-refractivity contribution in [3.63, 3.8) is 0 Å².